The molecule has 0 spiro atoms. The number of benzene rings is 1. The van der Waals surface area contributed by atoms with Gasteiger partial charge in [0.05, 0.1) is 11.8 Å². The van der Waals surface area contributed by atoms with Gasteiger partial charge in [0.1, 0.15) is 0 Å². The number of hydrogen-bond acceptors (Lipinski definition) is 2. The van der Waals surface area contributed by atoms with Gasteiger partial charge in [-0.1, -0.05) is 11.6 Å². The lowest BCUT2D eigenvalue weighted by molar-refractivity contribution is 0.103. The standard InChI is InChI=1S/C12H10BrClN2O/c1-2-16-7-8(6-15-16)12(17)10-4-3-9(14)5-11(10)13/h3-7H,2H2,1H3. The fourth-order valence-corrected chi connectivity index (χ4v) is 2.35. The maximum Gasteiger partial charge on any atom is 0.197 e. The molecule has 1 aromatic carbocycles. The van der Waals surface area contributed by atoms with Gasteiger partial charge in [0.25, 0.3) is 0 Å². The first kappa shape index (κ1) is 12.3. The van der Waals surface area contributed by atoms with Crippen molar-refractivity contribution in [2.45, 2.75) is 13.5 Å². The summed E-state index contributed by atoms with van der Waals surface area (Å²) in [6.45, 7) is 2.72. The fourth-order valence-electron chi connectivity index (χ4n) is 1.48. The third kappa shape index (κ3) is 2.58. The van der Waals surface area contributed by atoms with Crippen LogP contribution in [0.5, 0.6) is 0 Å². The second kappa shape index (κ2) is 5.02. The van der Waals surface area contributed by atoms with E-state index in [0.29, 0.717) is 20.6 Å². The summed E-state index contributed by atoms with van der Waals surface area (Å²) in [7, 11) is 0. The Bertz CT molecular complexity index is 565. The van der Waals surface area contributed by atoms with E-state index in [2.05, 4.69) is 21.0 Å². The van der Waals surface area contributed by atoms with Crippen LogP contribution in [0.3, 0.4) is 0 Å². The van der Waals surface area contributed by atoms with E-state index in [1.165, 1.54) is 0 Å². The van der Waals surface area contributed by atoms with Gasteiger partial charge in [-0.15, -0.1) is 0 Å². The molecule has 0 aliphatic carbocycles. The van der Waals surface area contributed by atoms with Crippen molar-refractivity contribution < 1.29 is 4.79 Å². The average Bonchev–Trinajstić information content (AvgIpc) is 2.76. The monoisotopic (exact) mass is 312 g/mol. The number of nitrogens with zero attached hydrogens (tertiary/aromatic N) is 2. The second-order valence-electron chi connectivity index (χ2n) is 3.54. The Morgan fingerprint density at radius 3 is 2.88 bits per heavy atom. The SMILES string of the molecule is CCn1cc(C(=O)c2ccc(Cl)cc2Br)cn1. The third-order valence-corrected chi connectivity index (χ3v) is 3.29. The lowest BCUT2D eigenvalue weighted by Crippen LogP contribution is -2.01. The molecule has 1 aromatic heterocycles. The number of hydrogen-bond donors (Lipinski definition) is 0. The van der Waals surface area contributed by atoms with E-state index in [-0.39, 0.29) is 5.78 Å². The molecule has 0 bridgehead atoms. The highest BCUT2D eigenvalue weighted by atomic mass is 79.9. The molecule has 0 saturated carbocycles. The van der Waals surface area contributed by atoms with E-state index in [1.807, 2.05) is 6.92 Å². The predicted molar refractivity (Wildman–Crippen MR) is 70.5 cm³/mol. The molecule has 5 heteroatoms. The molecule has 0 fully saturated rings. The van der Waals surface area contributed by atoms with E-state index in [9.17, 15) is 4.79 Å². The molecule has 1 heterocycles. The van der Waals surface area contributed by atoms with E-state index >= 15 is 0 Å². The van der Waals surface area contributed by atoms with Crippen molar-refractivity contribution in [1.82, 2.24) is 9.78 Å². The van der Waals surface area contributed by atoms with Crippen molar-refractivity contribution in [3.8, 4) is 0 Å². The number of aromatic nitrogens is 2. The number of rotatable bonds is 3. The molecular formula is C12H10BrClN2O. The van der Waals surface area contributed by atoms with Crippen molar-refractivity contribution in [2.75, 3.05) is 0 Å². The van der Waals surface area contributed by atoms with Crippen LogP contribution in [0.2, 0.25) is 5.02 Å². The zero-order chi connectivity index (χ0) is 12.4. The largest absolute Gasteiger partial charge is 0.288 e. The molecule has 2 rings (SSSR count). The summed E-state index contributed by atoms with van der Waals surface area (Å²) in [5.41, 5.74) is 1.17. The molecule has 0 aliphatic rings. The summed E-state index contributed by atoms with van der Waals surface area (Å²) in [4.78, 5) is 12.2. The Labute approximate surface area is 113 Å². The van der Waals surface area contributed by atoms with Crippen molar-refractivity contribution in [3.05, 3.63) is 51.2 Å². The minimum atomic E-state index is -0.0618. The van der Waals surface area contributed by atoms with E-state index < -0.39 is 0 Å². The van der Waals surface area contributed by atoms with Gasteiger partial charge in [-0.3, -0.25) is 9.48 Å². The molecule has 0 amide bonds. The van der Waals surface area contributed by atoms with Gasteiger partial charge in [0.15, 0.2) is 5.78 Å². The lowest BCUT2D eigenvalue weighted by Gasteiger charge is -2.02. The first-order valence-electron chi connectivity index (χ1n) is 5.14. The molecular weight excluding hydrogens is 304 g/mol. The molecule has 88 valence electrons. The second-order valence-corrected chi connectivity index (χ2v) is 4.83. The van der Waals surface area contributed by atoms with Crippen LogP contribution in [0.1, 0.15) is 22.8 Å². The zero-order valence-electron chi connectivity index (χ0n) is 9.15. The third-order valence-electron chi connectivity index (χ3n) is 2.40. The highest BCUT2D eigenvalue weighted by Crippen LogP contribution is 2.23. The Kier molecular flexibility index (Phi) is 3.64. The highest BCUT2D eigenvalue weighted by molar-refractivity contribution is 9.10. The van der Waals surface area contributed by atoms with E-state index in [4.69, 9.17) is 11.6 Å². The predicted octanol–water partition coefficient (Wildman–Crippen LogP) is 3.55. The van der Waals surface area contributed by atoms with Crippen LogP contribution in [-0.2, 0) is 6.54 Å². The molecule has 0 saturated heterocycles. The Morgan fingerprint density at radius 1 is 1.53 bits per heavy atom. The summed E-state index contributed by atoms with van der Waals surface area (Å²) >= 11 is 9.17. The molecule has 3 nitrogen and oxygen atoms in total. The number of ketones is 1. The summed E-state index contributed by atoms with van der Waals surface area (Å²) < 4.78 is 2.41. The number of carbonyl (C=O) groups is 1. The van der Waals surface area contributed by atoms with Crippen molar-refractivity contribution in [1.29, 1.82) is 0 Å². The minimum absolute atomic E-state index is 0.0618. The van der Waals surface area contributed by atoms with Crippen LogP contribution < -0.4 is 0 Å². The van der Waals surface area contributed by atoms with Crippen molar-refractivity contribution in [3.63, 3.8) is 0 Å². The molecule has 0 atom stereocenters. The first-order chi connectivity index (χ1) is 8.11. The molecule has 2 aromatic rings. The molecule has 17 heavy (non-hydrogen) atoms. The van der Waals surface area contributed by atoms with E-state index in [1.54, 1.807) is 35.3 Å². The van der Waals surface area contributed by atoms with Gasteiger partial charge < -0.3 is 0 Å². The fraction of sp³-hybridized carbons (Fsp3) is 0.167. The Balaban J connectivity index is 2.36. The zero-order valence-corrected chi connectivity index (χ0v) is 11.5. The maximum absolute atomic E-state index is 12.2. The van der Waals surface area contributed by atoms with Crippen LogP contribution in [0, 0.1) is 0 Å². The number of carbonyl (C=O) groups excluding carboxylic acids is 1. The maximum atomic E-state index is 12.2. The molecule has 0 unspecified atom stereocenters. The van der Waals surface area contributed by atoms with Gasteiger partial charge in [-0.05, 0) is 41.1 Å². The Morgan fingerprint density at radius 2 is 2.29 bits per heavy atom. The Hall–Kier alpha value is -1.13. The quantitative estimate of drug-likeness (QED) is 0.812. The summed E-state index contributed by atoms with van der Waals surface area (Å²) in [6, 6.07) is 5.11. The molecule has 0 N–H and O–H groups in total. The van der Waals surface area contributed by atoms with Gasteiger partial charge in [-0.2, -0.15) is 5.10 Å². The first-order valence-corrected chi connectivity index (χ1v) is 6.31. The van der Waals surface area contributed by atoms with Crippen molar-refractivity contribution >= 4 is 33.3 Å². The minimum Gasteiger partial charge on any atom is -0.288 e. The van der Waals surface area contributed by atoms with Crippen LogP contribution in [-0.4, -0.2) is 15.6 Å². The normalized spacial score (nSPS) is 10.5. The summed E-state index contributed by atoms with van der Waals surface area (Å²) in [6.07, 6.45) is 3.32. The summed E-state index contributed by atoms with van der Waals surface area (Å²) in [5.74, 6) is -0.0618. The van der Waals surface area contributed by atoms with Gasteiger partial charge in [0.2, 0.25) is 0 Å². The van der Waals surface area contributed by atoms with Crippen LogP contribution in [0.4, 0.5) is 0 Å². The van der Waals surface area contributed by atoms with Gasteiger partial charge in [-0.25, -0.2) is 0 Å². The smallest absolute Gasteiger partial charge is 0.197 e. The van der Waals surface area contributed by atoms with Crippen molar-refractivity contribution in [2.24, 2.45) is 0 Å². The van der Waals surface area contributed by atoms with Crippen LogP contribution >= 0.6 is 27.5 Å². The lowest BCUT2D eigenvalue weighted by atomic mass is 10.1. The molecule has 0 aliphatic heterocycles. The highest BCUT2D eigenvalue weighted by Gasteiger charge is 2.14. The number of aryl methyl sites for hydroxylation is 1. The molecule has 0 radical (unpaired) electrons. The van der Waals surface area contributed by atoms with Crippen LogP contribution in [0.25, 0.3) is 0 Å². The number of halogens is 2. The van der Waals surface area contributed by atoms with E-state index in [0.717, 1.165) is 6.54 Å². The van der Waals surface area contributed by atoms with Gasteiger partial charge in [0, 0.05) is 27.8 Å². The van der Waals surface area contributed by atoms with Crippen LogP contribution in [0.15, 0.2) is 35.1 Å². The van der Waals surface area contributed by atoms with Gasteiger partial charge >= 0.3 is 0 Å². The topological polar surface area (TPSA) is 34.9 Å². The average molecular weight is 314 g/mol. The summed E-state index contributed by atoms with van der Waals surface area (Å²) in [5, 5.41) is 4.68.